The van der Waals surface area contributed by atoms with Crippen molar-refractivity contribution >= 4 is 0 Å². The maximum absolute atomic E-state index is 5.58. The van der Waals surface area contributed by atoms with Gasteiger partial charge in [0.2, 0.25) is 0 Å². The zero-order chi connectivity index (χ0) is 11.3. The SMILES string of the molecule is C=C(CN)CN(CCOC)C(C)C1CC1. The summed E-state index contributed by atoms with van der Waals surface area (Å²) >= 11 is 0. The van der Waals surface area contributed by atoms with E-state index in [0.29, 0.717) is 12.6 Å². The van der Waals surface area contributed by atoms with Crippen molar-refractivity contribution in [2.24, 2.45) is 11.7 Å². The third-order valence-corrected chi connectivity index (χ3v) is 3.18. The van der Waals surface area contributed by atoms with E-state index in [1.54, 1.807) is 7.11 Å². The predicted molar refractivity (Wildman–Crippen MR) is 63.8 cm³/mol. The van der Waals surface area contributed by atoms with E-state index in [9.17, 15) is 0 Å². The van der Waals surface area contributed by atoms with Crippen LogP contribution in [0.5, 0.6) is 0 Å². The van der Waals surface area contributed by atoms with Crippen LogP contribution < -0.4 is 5.73 Å². The van der Waals surface area contributed by atoms with Crippen LogP contribution in [0.15, 0.2) is 12.2 Å². The van der Waals surface area contributed by atoms with Crippen molar-refractivity contribution in [3.8, 4) is 0 Å². The van der Waals surface area contributed by atoms with Gasteiger partial charge in [0, 0.05) is 32.8 Å². The van der Waals surface area contributed by atoms with Gasteiger partial charge in [-0.2, -0.15) is 0 Å². The Kier molecular flexibility index (Phi) is 5.29. The summed E-state index contributed by atoms with van der Waals surface area (Å²) in [5.41, 5.74) is 6.69. The molecule has 2 N–H and O–H groups in total. The quantitative estimate of drug-likeness (QED) is 0.615. The van der Waals surface area contributed by atoms with Gasteiger partial charge in [-0.25, -0.2) is 0 Å². The van der Waals surface area contributed by atoms with E-state index >= 15 is 0 Å². The molecule has 0 aromatic heterocycles. The van der Waals surface area contributed by atoms with Gasteiger partial charge in [0.05, 0.1) is 6.61 Å². The Morgan fingerprint density at radius 1 is 1.60 bits per heavy atom. The minimum absolute atomic E-state index is 0.584. The van der Waals surface area contributed by atoms with Crippen molar-refractivity contribution < 1.29 is 4.74 Å². The number of rotatable bonds is 8. The lowest BCUT2D eigenvalue weighted by molar-refractivity contribution is 0.124. The monoisotopic (exact) mass is 212 g/mol. The molecule has 1 atom stereocenters. The summed E-state index contributed by atoms with van der Waals surface area (Å²) in [6.45, 7) is 9.54. The second-order valence-electron chi connectivity index (χ2n) is 4.50. The average Bonchev–Trinajstić information content (AvgIpc) is 3.06. The fraction of sp³-hybridized carbons (Fsp3) is 0.833. The lowest BCUT2D eigenvalue weighted by Gasteiger charge is -2.29. The molecule has 0 heterocycles. The van der Waals surface area contributed by atoms with Crippen LogP contribution in [0.25, 0.3) is 0 Å². The fourth-order valence-electron chi connectivity index (χ4n) is 1.86. The third kappa shape index (κ3) is 4.33. The van der Waals surface area contributed by atoms with E-state index in [4.69, 9.17) is 10.5 Å². The molecule has 0 aromatic rings. The highest BCUT2D eigenvalue weighted by atomic mass is 16.5. The molecule has 0 saturated heterocycles. The molecule has 1 aliphatic rings. The molecular weight excluding hydrogens is 188 g/mol. The van der Waals surface area contributed by atoms with Crippen LogP contribution in [0.3, 0.4) is 0 Å². The van der Waals surface area contributed by atoms with Gasteiger partial charge in [-0.1, -0.05) is 6.58 Å². The summed E-state index contributed by atoms with van der Waals surface area (Å²) < 4.78 is 5.14. The molecule has 15 heavy (non-hydrogen) atoms. The smallest absolute Gasteiger partial charge is 0.0589 e. The molecule has 1 aliphatic carbocycles. The number of hydrogen-bond acceptors (Lipinski definition) is 3. The standard InChI is InChI=1S/C12H24N2O/c1-10(8-13)9-14(6-7-15-3)11(2)12-4-5-12/h11-12H,1,4-9,13H2,2-3H3. The maximum Gasteiger partial charge on any atom is 0.0589 e. The van der Waals surface area contributed by atoms with E-state index in [1.165, 1.54) is 12.8 Å². The molecule has 1 rings (SSSR count). The lowest BCUT2D eigenvalue weighted by atomic mass is 10.1. The largest absolute Gasteiger partial charge is 0.383 e. The second kappa shape index (κ2) is 6.26. The van der Waals surface area contributed by atoms with Crippen LogP contribution in [-0.2, 0) is 4.74 Å². The molecular formula is C12H24N2O. The van der Waals surface area contributed by atoms with E-state index < -0.39 is 0 Å². The molecule has 0 aliphatic heterocycles. The van der Waals surface area contributed by atoms with Crippen LogP contribution in [0.4, 0.5) is 0 Å². The molecule has 0 bridgehead atoms. The highest BCUT2D eigenvalue weighted by Crippen LogP contribution is 2.35. The van der Waals surface area contributed by atoms with Crippen molar-refractivity contribution in [2.75, 3.05) is 33.4 Å². The number of methoxy groups -OCH3 is 1. The van der Waals surface area contributed by atoms with E-state index in [2.05, 4.69) is 18.4 Å². The average molecular weight is 212 g/mol. The summed E-state index contributed by atoms with van der Waals surface area (Å²) in [5, 5.41) is 0. The molecule has 0 spiro atoms. The van der Waals surface area contributed by atoms with E-state index in [-0.39, 0.29) is 0 Å². The van der Waals surface area contributed by atoms with Crippen LogP contribution in [0.2, 0.25) is 0 Å². The van der Waals surface area contributed by atoms with Crippen LogP contribution >= 0.6 is 0 Å². The molecule has 1 saturated carbocycles. The summed E-state index contributed by atoms with van der Waals surface area (Å²) in [6, 6.07) is 0.642. The molecule has 88 valence electrons. The fourth-order valence-corrected chi connectivity index (χ4v) is 1.86. The van der Waals surface area contributed by atoms with Crippen LogP contribution in [-0.4, -0.2) is 44.3 Å². The van der Waals surface area contributed by atoms with Gasteiger partial charge in [-0.3, -0.25) is 4.90 Å². The summed E-state index contributed by atoms with van der Waals surface area (Å²) in [4.78, 5) is 2.44. The van der Waals surface area contributed by atoms with E-state index in [1.807, 2.05) is 0 Å². The molecule has 0 amide bonds. The zero-order valence-corrected chi connectivity index (χ0v) is 10.0. The van der Waals surface area contributed by atoms with Crippen molar-refractivity contribution in [1.82, 2.24) is 4.90 Å². The Balaban J connectivity index is 2.39. The number of nitrogens with two attached hydrogens (primary N) is 1. The number of ether oxygens (including phenoxy) is 1. The van der Waals surface area contributed by atoms with Gasteiger partial charge < -0.3 is 10.5 Å². The minimum Gasteiger partial charge on any atom is -0.383 e. The summed E-state index contributed by atoms with van der Waals surface area (Å²) in [7, 11) is 1.75. The second-order valence-corrected chi connectivity index (χ2v) is 4.50. The first-order valence-electron chi connectivity index (χ1n) is 5.78. The lowest BCUT2D eigenvalue weighted by Crippen LogP contribution is -2.39. The van der Waals surface area contributed by atoms with Crippen LogP contribution in [0.1, 0.15) is 19.8 Å². The van der Waals surface area contributed by atoms with Crippen LogP contribution in [0, 0.1) is 5.92 Å². The predicted octanol–water partition coefficient (Wildman–Crippen LogP) is 1.25. The first-order valence-corrected chi connectivity index (χ1v) is 5.78. The van der Waals surface area contributed by atoms with Crippen molar-refractivity contribution in [2.45, 2.75) is 25.8 Å². The Morgan fingerprint density at radius 3 is 2.73 bits per heavy atom. The van der Waals surface area contributed by atoms with Gasteiger partial charge in [0.1, 0.15) is 0 Å². The molecule has 3 nitrogen and oxygen atoms in total. The van der Waals surface area contributed by atoms with Crippen molar-refractivity contribution in [3.63, 3.8) is 0 Å². The zero-order valence-electron chi connectivity index (χ0n) is 10.0. The highest BCUT2D eigenvalue weighted by Gasteiger charge is 2.31. The Bertz CT molecular complexity index is 202. The normalized spacial score (nSPS) is 18.1. The molecule has 1 unspecified atom stereocenters. The first kappa shape index (κ1) is 12.7. The molecule has 0 radical (unpaired) electrons. The number of hydrogen-bond donors (Lipinski definition) is 1. The van der Waals surface area contributed by atoms with Gasteiger partial charge >= 0.3 is 0 Å². The van der Waals surface area contributed by atoms with Gasteiger partial charge in [0.15, 0.2) is 0 Å². The van der Waals surface area contributed by atoms with E-state index in [0.717, 1.165) is 31.2 Å². The first-order chi connectivity index (χ1) is 7.19. The summed E-state index contributed by atoms with van der Waals surface area (Å²) in [5.74, 6) is 0.882. The van der Waals surface area contributed by atoms with Gasteiger partial charge in [0.25, 0.3) is 0 Å². The minimum atomic E-state index is 0.584. The van der Waals surface area contributed by atoms with Gasteiger partial charge in [-0.05, 0) is 31.3 Å². The Hall–Kier alpha value is -0.380. The van der Waals surface area contributed by atoms with Crippen molar-refractivity contribution in [1.29, 1.82) is 0 Å². The Morgan fingerprint density at radius 2 is 2.27 bits per heavy atom. The van der Waals surface area contributed by atoms with Crippen molar-refractivity contribution in [3.05, 3.63) is 12.2 Å². The Labute approximate surface area is 93.3 Å². The molecule has 0 aromatic carbocycles. The number of nitrogens with zero attached hydrogens (tertiary/aromatic N) is 1. The van der Waals surface area contributed by atoms with Gasteiger partial charge in [-0.15, -0.1) is 0 Å². The molecule has 3 heteroatoms. The highest BCUT2D eigenvalue weighted by molar-refractivity contribution is 5.00. The maximum atomic E-state index is 5.58. The molecule has 1 fully saturated rings. The topological polar surface area (TPSA) is 38.5 Å². The third-order valence-electron chi connectivity index (χ3n) is 3.18. The summed E-state index contributed by atoms with van der Waals surface area (Å²) in [6.07, 6.45) is 2.75.